The first-order valence-corrected chi connectivity index (χ1v) is 6.76. The molecule has 3 heterocycles. The minimum absolute atomic E-state index is 0.114. The molecule has 5 nitrogen and oxygen atoms in total. The molecule has 3 aromatic rings. The van der Waals surface area contributed by atoms with E-state index in [1.165, 1.54) is 5.56 Å². The Balaban J connectivity index is 1.72. The smallest absolute Gasteiger partial charge is 0.174 e. The molecular weight excluding hydrogens is 254 g/mol. The van der Waals surface area contributed by atoms with Crippen molar-refractivity contribution in [1.82, 2.24) is 15.3 Å². The summed E-state index contributed by atoms with van der Waals surface area (Å²) in [7, 11) is 0. The van der Waals surface area contributed by atoms with Crippen molar-refractivity contribution in [2.24, 2.45) is 0 Å². The molecule has 4 rings (SSSR count). The lowest BCUT2D eigenvalue weighted by Crippen LogP contribution is -2.33. The third-order valence-electron chi connectivity index (χ3n) is 3.56. The largest absolute Gasteiger partial charge is 0.461 e. The van der Waals surface area contributed by atoms with Crippen LogP contribution < -0.4 is 5.32 Å². The number of furan rings is 1. The van der Waals surface area contributed by atoms with Gasteiger partial charge in [0.2, 0.25) is 0 Å². The third kappa shape index (κ3) is 2.01. The number of nitrogens with one attached hydrogen (secondary N) is 2. The van der Waals surface area contributed by atoms with E-state index in [0.29, 0.717) is 0 Å². The molecule has 2 N–H and O–H groups in total. The minimum Gasteiger partial charge on any atom is -0.461 e. The summed E-state index contributed by atoms with van der Waals surface area (Å²) >= 11 is 0. The van der Waals surface area contributed by atoms with Crippen LogP contribution >= 0.6 is 0 Å². The topological polar surface area (TPSA) is 63.1 Å². The van der Waals surface area contributed by atoms with Crippen LogP contribution in [-0.2, 0) is 4.74 Å². The molecule has 0 spiro atoms. The van der Waals surface area contributed by atoms with E-state index < -0.39 is 0 Å². The van der Waals surface area contributed by atoms with Gasteiger partial charge in [0.1, 0.15) is 0 Å². The van der Waals surface area contributed by atoms with Crippen molar-refractivity contribution >= 4 is 11.0 Å². The first-order chi connectivity index (χ1) is 9.90. The second-order valence-electron chi connectivity index (χ2n) is 4.90. The van der Waals surface area contributed by atoms with Gasteiger partial charge >= 0.3 is 0 Å². The summed E-state index contributed by atoms with van der Waals surface area (Å²) in [6.45, 7) is 2.53. The van der Waals surface area contributed by atoms with Crippen molar-refractivity contribution < 1.29 is 9.15 Å². The van der Waals surface area contributed by atoms with Crippen molar-refractivity contribution in [3.8, 4) is 11.6 Å². The number of imidazole rings is 1. The van der Waals surface area contributed by atoms with Crippen LogP contribution in [0.2, 0.25) is 0 Å². The average molecular weight is 269 g/mol. The lowest BCUT2D eigenvalue weighted by molar-refractivity contribution is 0.0278. The van der Waals surface area contributed by atoms with Gasteiger partial charge in [-0.05, 0) is 29.8 Å². The Bertz CT molecular complexity index is 712. The Labute approximate surface area is 116 Å². The van der Waals surface area contributed by atoms with Gasteiger partial charge in [-0.3, -0.25) is 0 Å². The molecule has 1 aliphatic heterocycles. The van der Waals surface area contributed by atoms with Crippen molar-refractivity contribution in [3.05, 3.63) is 42.2 Å². The Morgan fingerprint density at radius 3 is 3.05 bits per heavy atom. The fourth-order valence-electron chi connectivity index (χ4n) is 2.54. The van der Waals surface area contributed by atoms with Crippen molar-refractivity contribution in [2.75, 3.05) is 19.7 Å². The molecule has 1 aromatic carbocycles. The molecule has 1 saturated heterocycles. The predicted octanol–water partition coefficient (Wildman–Crippen LogP) is 2.48. The van der Waals surface area contributed by atoms with E-state index in [1.807, 2.05) is 18.2 Å². The summed E-state index contributed by atoms with van der Waals surface area (Å²) in [5.74, 6) is 1.50. The molecule has 0 saturated carbocycles. The number of hydrogen-bond donors (Lipinski definition) is 2. The molecular formula is C15H15N3O2. The number of benzene rings is 1. The first-order valence-electron chi connectivity index (χ1n) is 6.76. The normalized spacial score (nSPS) is 19.5. The van der Waals surface area contributed by atoms with Crippen molar-refractivity contribution in [2.45, 2.75) is 6.10 Å². The van der Waals surface area contributed by atoms with E-state index in [1.54, 1.807) is 6.26 Å². The zero-order chi connectivity index (χ0) is 13.4. The van der Waals surface area contributed by atoms with E-state index in [-0.39, 0.29) is 6.10 Å². The number of fused-ring (bicyclic) bond motifs is 1. The van der Waals surface area contributed by atoms with E-state index in [4.69, 9.17) is 9.15 Å². The summed E-state index contributed by atoms with van der Waals surface area (Å²) in [6.07, 6.45) is 1.76. The van der Waals surface area contributed by atoms with E-state index >= 15 is 0 Å². The molecule has 1 fully saturated rings. The van der Waals surface area contributed by atoms with Gasteiger partial charge in [0, 0.05) is 13.1 Å². The second kappa shape index (κ2) is 4.77. The van der Waals surface area contributed by atoms with E-state index in [9.17, 15) is 0 Å². The highest BCUT2D eigenvalue weighted by Crippen LogP contribution is 2.25. The highest BCUT2D eigenvalue weighted by atomic mass is 16.5. The highest BCUT2D eigenvalue weighted by Gasteiger charge is 2.17. The Hall–Kier alpha value is -2.11. The van der Waals surface area contributed by atoms with Crippen LogP contribution in [0.25, 0.3) is 22.6 Å². The van der Waals surface area contributed by atoms with Gasteiger partial charge in [-0.25, -0.2) is 4.98 Å². The fraction of sp³-hybridized carbons (Fsp3) is 0.267. The van der Waals surface area contributed by atoms with Gasteiger partial charge < -0.3 is 19.5 Å². The lowest BCUT2D eigenvalue weighted by Gasteiger charge is -2.23. The molecule has 20 heavy (non-hydrogen) atoms. The van der Waals surface area contributed by atoms with Crippen LogP contribution in [0.1, 0.15) is 11.7 Å². The second-order valence-corrected chi connectivity index (χ2v) is 4.90. The van der Waals surface area contributed by atoms with Gasteiger partial charge in [0.15, 0.2) is 11.6 Å². The Kier molecular flexibility index (Phi) is 2.79. The average Bonchev–Trinajstić information content (AvgIpc) is 3.16. The summed E-state index contributed by atoms with van der Waals surface area (Å²) in [6, 6.07) is 9.95. The molecule has 0 amide bonds. The van der Waals surface area contributed by atoms with Crippen LogP contribution in [0.5, 0.6) is 0 Å². The van der Waals surface area contributed by atoms with Gasteiger partial charge in [-0.1, -0.05) is 6.07 Å². The molecule has 1 aliphatic rings. The molecule has 0 radical (unpaired) electrons. The van der Waals surface area contributed by atoms with Gasteiger partial charge in [-0.2, -0.15) is 0 Å². The maximum absolute atomic E-state index is 5.78. The zero-order valence-electron chi connectivity index (χ0n) is 10.9. The minimum atomic E-state index is 0.114. The number of nitrogens with zero attached hydrogens (tertiary/aromatic N) is 1. The maximum atomic E-state index is 5.78. The van der Waals surface area contributed by atoms with Gasteiger partial charge in [0.05, 0.1) is 30.0 Å². The fourth-order valence-corrected chi connectivity index (χ4v) is 2.54. The van der Waals surface area contributed by atoms with Crippen LogP contribution in [0.4, 0.5) is 0 Å². The molecule has 2 aromatic heterocycles. The lowest BCUT2D eigenvalue weighted by atomic mass is 10.1. The third-order valence-corrected chi connectivity index (χ3v) is 3.56. The summed E-state index contributed by atoms with van der Waals surface area (Å²) in [4.78, 5) is 7.83. The molecule has 0 aliphatic carbocycles. The SMILES string of the molecule is c1coc(-c2nc3ccc(C4CNCCO4)cc3[nH]2)c1. The van der Waals surface area contributed by atoms with Crippen molar-refractivity contribution in [3.63, 3.8) is 0 Å². The predicted molar refractivity (Wildman–Crippen MR) is 75.4 cm³/mol. The number of aromatic amines is 1. The summed E-state index contributed by atoms with van der Waals surface area (Å²) in [5.41, 5.74) is 3.10. The molecule has 1 unspecified atom stereocenters. The Morgan fingerprint density at radius 2 is 2.25 bits per heavy atom. The molecule has 5 heteroatoms. The summed E-state index contributed by atoms with van der Waals surface area (Å²) in [5, 5.41) is 3.34. The summed E-state index contributed by atoms with van der Waals surface area (Å²) < 4.78 is 11.1. The van der Waals surface area contributed by atoms with Crippen molar-refractivity contribution in [1.29, 1.82) is 0 Å². The monoisotopic (exact) mass is 269 g/mol. The number of morpholine rings is 1. The number of hydrogen-bond acceptors (Lipinski definition) is 4. The number of H-pyrrole nitrogens is 1. The van der Waals surface area contributed by atoms with Crippen LogP contribution in [-0.4, -0.2) is 29.7 Å². The van der Waals surface area contributed by atoms with E-state index in [2.05, 4.69) is 27.4 Å². The number of ether oxygens (including phenoxy) is 1. The van der Waals surface area contributed by atoms with Crippen LogP contribution in [0.3, 0.4) is 0 Å². The van der Waals surface area contributed by atoms with Gasteiger partial charge in [0.25, 0.3) is 0 Å². The number of rotatable bonds is 2. The standard InChI is InChI=1S/C15H15N3O2/c1-2-13(19-6-1)15-17-11-4-3-10(8-12(11)18-15)14-9-16-5-7-20-14/h1-4,6,8,14,16H,5,7,9H2,(H,17,18). The maximum Gasteiger partial charge on any atom is 0.174 e. The van der Waals surface area contributed by atoms with Crippen LogP contribution in [0.15, 0.2) is 41.0 Å². The van der Waals surface area contributed by atoms with Crippen LogP contribution in [0, 0.1) is 0 Å². The molecule has 0 bridgehead atoms. The van der Waals surface area contributed by atoms with E-state index in [0.717, 1.165) is 42.3 Å². The zero-order valence-corrected chi connectivity index (χ0v) is 10.9. The molecule has 102 valence electrons. The van der Waals surface area contributed by atoms with Gasteiger partial charge in [-0.15, -0.1) is 0 Å². The highest BCUT2D eigenvalue weighted by molar-refractivity contribution is 5.79. The molecule has 1 atom stereocenters. The first kappa shape index (κ1) is 11.7. The number of aromatic nitrogens is 2. The Morgan fingerprint density at radius 1 is 1.25 bits per heavy atom. The quantitative estimate of drug-likeness (QED) is 0.750.